The van der Waals surface area contributed by atoms with Crippen LogP contribution in [-0.2, 0) is 4.74 Å². The number of ether oxygens (including phenoxy) is 1. The van der Waals surface area contributed by atoms with Gasteiger partial charge in [0.15, 0.2) is 0 Å². The van der Waals surface area contributed by atoms with E-state index in [0.29, 0.717) is 18.1 Å². The summed E-state index contributed by atoms with van der Waals surface area (Å²) in [4.78, 5) is 12.0. The Morgan fingerprint density at radius 3 is 2.82 bits per heavy atom. The Morgan fingerprint density at radius 1 is 1.32 bits per heavy atom. The second kappa shape index (κ2) is 5.85. The second-order valence-corrected chi connectivity index (χ2v) is 4.78. The number of aromatic nitrogens is 3. The van der Waals surface area contributed by atoms with Crippen LogP contribution in [0.1, 0.15) is 23.0 Å². The van der Waals surface area contributed by atoms with Crippen LogP contribution in [-0.4, -0.2) is 27.2 Å². The average molecular weight is 296 g/mol. The Kier molecular flexibility index (Phi) is 3.74. The molecule has 0 bridgehead atoms. The first kappa shape index (κ1) is 14.1. The molecule has 3 aromatic rings. The van der Waals surface area contributed by atoms with Crippen LogP contribution in [0, 0.1) is 6.92 Å². The molecule has 0 spiro atoms. The lowest BCUT2D eigenvalue weighted by Gasteiger charge is -2.09. The van der Waals surface area contributed by atoms with Gasteiger partial charge in [-0.2, -0.15) is 5.10 Å². The molecule has 22 heavy (non-hydrogen) atoms. The van der Waals surface area contributed by atoms with Crippen LogP contribution in [0.2, 0.25) is 0 Å². The molecule has 1 aromatic carbocycles. The fourth-order valence-corrected chi connectivity index (χ4v) is 2.34. The van der Waals surface area contributed by atoms with Crippen molar-refractivity contribution in [3.8, 4) is 0 Å². The van der Waals surface area contributed by atoms with Crippen LogP contribution in [0.25, 0.3) is 5.52 Å². The fraction of sp³-hybridized carbons (Fsp3) is 0.188. The van der Waals surface area contributed by atoms with E-state index >= 15 is 0 Å². The molecule has 112 valence electrons. The van der Waals surface area contributed by atoms with Crippen molar-refractivity contribution in [2.75, 3.05) is 11.9 Å². The number of para-hydroxylation sites is 1. The van der Waals surface area contributed by atoms with E-state index in [0.717, 1.165) is 16.9 Å². The number of fused-ring (bicyclic) bond motifs is 1. The Hall–Kier alpha value is -2.89. The summed E-state index contributed by atoms with van der Waals surface area (Å²) in [6, 6.07) is 11.4. The van der Waals surface area contributed by atoms with Crippen molar-refractivity contribution in [2.45, 2.75) is 13.8 Å². The molecule has 0 aliphatic rings. The van der Waals surface area contributed by atoms with E-state index in [1.54, 1.807) is 19.2 Å². The molecule has 2 heterocycles. The molecule has 2 aromatic heterocycles. The van der Waals surface area contributed by atoms with Gasteiger partial charge in [0.2, 0.25) is 5.95 Å². The number of rotatable bonds is 4. The van der Waals surface area contributed by atoms with Gasteiger partial charge >= 0.3 is 5.97 Å². The van der Waals surface area contributed by atoms with Crippen molar-refractivity contribution in [3.05, 3.63) is 53.9 Å². The van der Waals surface area contributed by atoms with E-state index < -0.39 is 0 Å². The summed E-state index contributed by atoms with van der Waals surface area (Å²) in [5, 5.41) is 11.3. The minimum atomic E-state index is -0.339. The number of aryl methyl sites for hydroxylation is 1. The molecule has 1 N–H and O–H groups in total. The highest BCUT2D eigenvalue weighted by atomic mass is 16.5. The second-order valence-electron chi connectivity index (χ2n) is 4.78. The number of esters is 1. The predicted octanol–water partition coefficient (Wildman–Crippen LogP) is 2.96. The van der Waals surface area contributed by atoms with E-state index in [4.69, 9.17) is 4.74 Å². The topological polar surface area (TPSA) is 68.5 Å². The fourth-order valence-electron chi connectivity index (χ4n) is 2.34. The van der Waals surface area contributed by atoms with Crippen molar-refractivity contribution in [1.82, 2.24) is 14.6 Å². The van der Waals surface area contributed by atoms with Crippen LogP contribution in [0.5, 0.6) is 0 Å². The summed E-state index contributed by atoms with van der Waals surface area (Å²) in [5.74, 6) is 0.214. The number of carbonyl (C=O) groups excluding carboxylic acids is 1. The molecule has 0 aliphatic carbocycles. The SMILES string of the molecule is CCOC(=O)c1cc2cnnc(Nc3ccccc3)n2c1C. The molecular weight excluding hydrogens is 280 g/mol. The zero-order valence-electron chi connectivity index (χ0n) is 12.4. The summed E-state index contributed by atoms with van der Waals surface area (Å²) in [5.41, 5.74) is 2.97. The molecule has 6 nitrogen and oxygen atoms in total. The zero-order valence-corrected chi connectivity index (χ0v) is 12.4. The predicted molar refractivity (Wildman–Crippen MR) is 83.4 cm³/mol. The molecular formula is C16H16N4O2. The van der Waals surface area contributed by atoms with E-state index in [9.17, 15) is 4.79 Å². The van der Waals surface area contributed by atoms with Crippen molar-refractivity contribution < 1.29 is 9.53 Å². The van der Waals surface area contributed by atoms with Crippen LogP contribution in [0.3, 0.4) is 0 Å². The van der Waals surface area contributed by atoms with Gasteiger partial charge in [0.05, 0.1) is 23.9 Å². The largest absolute Gasteiger partial charge is 0.462 e. The Balaban J connectivity index is 2.06. The monoisotopic (exact) mass is 296 g/mol. The van der Waals surface area contributed by atoms with Gasteiger partial charge in [-0.1, -0.05) is 18.2 Å². The highest BCUT2D eigenvalue weighted by Gasteiger charge is 2.17. The van der Waals surface area contributed by atoms with Crippen molar-refractivity contribution in [1.29, 1.82) is 0 Å². The smallest absolute Gasteiger partial charge is 0.339 e. The first-order chi connectivity index (χ1) is 10.7. The summed E-state index contributed by atoms with van der Waals surface area (Å²) in [7, 11) is 0. The summed E-state index contributed by atoms with van der Waals surface area (Å²) >= 11 is 0. The van der Waals surface area contributed by atoms with Gasteiger partial charge in [-0.15, -0.1) is 5.10 Å². The molecule has 0 radical (unpaired) electrons. The standard InChI is InChI=1S/C16H16N4O2/c1-3-22-15(21)14-9-13-10-17-19-16(20(13)11(14)2)18-12-7-5-4-6-8-12/h4-10H,3H2,1-2H3,(H,18,19). The van der Waals surface area contributed by atoms with Gasteiger partial charge in [-0.25, -0.2) is 4.79 Å². The third-order valence-corrected chi connectivity index (χ3v) is 3.36. The number of carbonyl (C=O) groups is 1. The first-order valence-electron chi connectivity index (χ1n) is 7.03. The minimum Gasteiger partial charge on any atom is -0.462 e. The number of hydrogen-bond acceptors (Lipinski definition) is 5. The lowest BCUT2D eigenvalue weighted by Crippen LogP contribution is -2.07. The Labute approximate surface area is 127 Å². The van der Waals surface area contributed by atoms with E-state index in [1.165, 1.54) is 0 Å². The third kappa shape index (κ3) is 2.50. The van der Waals surface area contributed by atoms with E-state index in [1.807, 2.05) is 41.7 Å². The molecule has 0 amide bonds. The average Bonchev–Trinajstić information content (AvgIpc) is 2.87. The Bertz CT molecular complexity index is 812. The Morgan fingerprint density at radius 2 is 2.09 bits per heavy atom. The number of benzene rings is 1. The van der Waals surface area contributed by atoms with Crippen molar-refractivity contribution in [2.24, 2.45) is 0 Å². The molecule has 0 unspecified atom stereocenters. The zero-order chi connectivity index (χ0) is 15.5. The molecule has 3 rings (SSSR count). The van der Waals surface area contributed by atoms with Crippen molar-refractivity contribution >= 4 is 23.1 Å². The van der Waals surface area contributed by atoms with Gasteiger partial charge in [0.1, 0.15) is 0 Å². The summed E-state index contributed by atoms with van der Waals surface area (Å²) < 4.78 is 6.94. The third-order valence-electron chi connectivity index (χ3n) is 3.36. The molecule has 0 atom stereocenters. The van der Waals surface area contributed by atoms with E-state index in [-0.39, 0.29) is 5.97 Å². The maximum atomic E-state index is 12.0. The summed E-state index contributed by atoms with van der Waals surface area (Å²) in [6.45, 7) is 3.99. The molecule has 0 saturated heterocycles. The van der Waals surface area contributed by atoms with Gasteiger partial charge in [0.25, 0.3) is 0 Å². The van der Waals surface area contributed by atoms with Gasteiger partial charge < -0.3 is 10.1 Å². The summed E-state index contributed by atoms with van der Waals surface area (Å²) in [6.07, 6.45) is 1.62. The molecule has 6 heteroatoms. The number of nitrogens with zero attached hydrogens (tertiary/aromatic N) is 3. The quantitative estimate of drug-likeness (QED) is 0.750. The van der Waals surface area contributed by atoms with Gasteiger partial charge in [-0.05, 0) is 32.0 Å². The number of nitrogens with one attached hydrogen (secondary N) is 1. The van der Waals surface area contributed by atoms with Crippen molar-refractivity contribution in [3.63, 3.8) is 0 Å². The van der Waals surface area contributed by atoms with Crippen LogP contribution >= 0.6 is 0 Å². The highest BCUT2D eigenvalue weighted by Crippen LogP contribution is 2.22. The number of anilines is 2. The molecule has 0 fully saturated rings. The van der Waals surface area contributed by atoms with Gasteiger partial charge in [0, 0.05) is 11.4 Å². The minimum absolute atomic E-state index is 0.339. The maximum Gasteiger partial charge on any atom is 0.339 e. The van der Waals surface area contributed by atoms with E-state index in [2.05, 4.69) is 15.5 Å². The lowest BCUT2D eigenvalue weighted by atomic mass is 10.2. The lowest BCUT2D eigenvalue weighted by molar-refractivity contribution is 0.0525. The molecule has 0 saturated carbocycles. The van der Waals surface area contributed by atoms with Gasteiger partial charge in [-0.3, -0.25) is 4.40 Å². The van der Waals surface area contributed by atoms with Crippen LogP contribution in [0.15, 0.2) is 42.6 Å². The normalized spacial score (nSPS) is 10.6. The number of hydrogen-bond donors (Lipinski definition) is 1. The first-order valence-corrected chi connectivity index (χ1v) is 7.03. The highest BCUT2D eigenvalue weighted by molar-refractivity contribution is 5.93. The van der Waals surface area contributed by atoms with Crippen LogP contribution < -0.4 is 5.32 Å². The van der Waals surface area contributed by atoms with Crippen LogP contribution in [0.4, 0.5) is 11.6 Å². The molecule has 0 aliphatic heterocycles. The maximum absolute atomic E-state index is 12.0.